The second kappa shape index (κ2) is 11.5. The number of hydrogen-bond donors (Lipinski definition) is 2. The lowest BCUT2D eigenvalue weighted by molar-refractivity contribution is -0.0948. The molecular formula is C31H32N2O7. The summed E-state index contributed by atoms with van der Waals surface area (Å²) >= 11 is 0. The first kappa shape index (κ1) is 27.4. The fourth-order valence-corrected chi connectivity index (χ4v) is 5.28. The molecule has 1 saturated heterocycles. The largest absolute Gasteiger partial charge is 0.493 e. The summed E-state index contributed by atoms with van der Waals surface area (Å²) in [6.07, 6.45) is -0.832. The van der Waals surface area contributed by atoms with Crippen LogP contribution in [0.1, 0.15) is 34.9 Å². The Labute approximate surface area is 231 Å². The number of H-pyrrole nitrogens is 1. The van der Waals surface area contributed by atoms with Crippen LogP contribution in [0.5, 0.6) is 11.5 Å². The number of rotatable bonds is 9. The Kier molecular flexibility index (Phi) is 7.88. The molecule has 4 aromatic rings. The van der Waals surface area contributed by atoms with E-state index in [2.05, 4.69) is 4.98 Å². The highest BCUT2D eigenvalue weighted by Gasteiger charge is 2.44. The molecule has 1 fully saturated rings. The molecule has 0 unspecified atom stereocenters. The quantitative estimate of drug-likeness (QED) is 0.310. The predicted molar refractivity (Wildman–Crippen MR) is 149 cm³/mol. The maximum atomic E-state index is 12.5. The van der Waals surface area contributed by atoms with E-state index in [-0.39, 0.29) is 13.0 Å². The van der Waals surface area contributed by atoms with Crippen molar-refractivity contribution in [1.82, 2.24) is 9.55 Å². The fraction of sp³-hybridized carbons (Fsp3) is 0.290. The van der Waals surface area contributed by atoms with Gasteiger partial charge in [-0.2, -0.15) is 0 Å². The van der Waals surface area contributed by atoms with Crippen LogP contribution in [0.4, 0.5) is 0 Å². The monoisotopic (exact) mass is 544 g/mol. The molecule has 0 amide bonds. The van der Waals surface area contributed by atoms with Crippen LogP contribution in [0.2, 0.25) is 0 Å². The zero-order valence-corrected chi connectivity index (χ0v) is 22.6. The van der Waals surface area contributed by atoms with Gasteiger partial charge in [0.1, 0.15) is 17.9 Å². The van der Waals surface area contributed by atoms with Crippen molar-refractivity contribution in [2.75, 3.05) is 20.8 Å². The molecule has 1 aliphatic heterocycles. The van der Waals surface area contributed by atoms with Gasteiger partial charge in [0.25, 0.3) is 5.56 Å². The zero-order chi connectivity index (χ0) is 28.3. The number of aromatic amines is 1. The van der Waals surface area contributed by atoms with Gasteiger partial charge in [0.05, 0.1) is 26.9 Å². The minimum Gasteiger partial charge on any atom is -0.493 e. The minimum atomic E-state index is -1.17. The molecule has 3 atom stereocenters. The molecule has 2 heterocycles. The highest BCUT2D eigenvalue weighted by atomic mass is 16.6. The van der Waals surface area contributed by atoms with Crippen molar-refractivity contribution in [3.05, 3.63) is 128 Å². The number of nitrogens with zero attached hydrogens (tertiary/aromatic N) is 1. The van der Waals surface area contributed by atoms with Gasteiger partial charge in [0, 0.05) is 23.7 Å². The van der Waals surface area contributed by atoms with Crippen LogP contribution < -0.4 is 20.7 Å². The lowest BCUT2D eigenvalue weighted by Gasteiger charge is -2.38. The number of nitrogens with one attached hydrogen (secondary N) is 1. The molecule has 208 valence electrons. The van der Waals surface area contributed by atoms with E-state index >= 15 is 0 Å². The van der Waals surface area contributed by atoms with E-state index in [4.69, 9.17) is 18.9 Å². The Morgan fingerprint density at radius 1 is 0.950 bits per heavy atom. The van der Waals surface area contributed by atoms with Gasteiger partial charge in [0.15, 0.2) is 11.5 Å². The summed E-state index contributed by atoms with van der Waals surface area (Å²) in [4.78, 5) is 26.6. The number of aliphatic hydroxyl groups is 1. The number of ether oxygens (including phenoxy) is 4. The number of methoxy groups -OCH3 is 2. The summed E-state index contributed by atoms with van der Waals surface area (Å²) in [6.45, 7) is 1.59. The molecule has 2 N–H and O–H groups in total. The van der Waals surface area contributed by atoms with Crippen molar-refractivity contribution in [2.45, 2.75) is 37.4 Å². The van der Waals surface area contributed by atoms with Crippen molar-refractivity contribution in [1.29, 1.82) is 0 Å². The van der Waals surface area contributed by atoms with Gasteiger partial charge in [-0.15, -0.1) is 0 Å². The van der Waals surface area contributed by atoms with Crippen molar-refractivity contribution >= 4 is 0 Å². The standard InChI is InChI=1S/C31H32N2O7/c1-20-18-33(30(36)32-29(20)35)27-17-24(34)26(40-27)19-39-31(21-11-6-4-7-12-21,22-13-8-5-9-14-22)23-15-10-16-25(37-2)28(23)38-3/h4-16,18,24,26-27,34H,17,19H2,1-3H3,(H,32,35,36)/t24-,26+,27+/m0/s1. The fourth-order valence-electron chi connectivity index (χ4n) is 5.28. The molecule has 0 saturated carbocycles. The Morgan fingerprint density at radius 2 is 1.60 bits per heavy atom. The predicted octanol–water partition coefficient (Wildman–Crippen LogP) is 3.52. The summed E-state index contributed by atoms with van der Waals surface area (Å²) in [7, 11) is 3.17. The molecule has 0 bridgehead atoms. The minimum absolute atomic E-state index is 0.0150. The van der Waals surface area contributed by atoms with Crippen LogP contribution in [0, 0.1) is 6.92 Å². The lowest BCUT2D eigenvalue weighted by Crippen LogP contribution is -2.38. The molecule has 1 aliphatic rings. The Morgan fingerprint density at radius 3 is 2.20 bits per heavy atom. The van der Waals surface area contributed by atoms with Gasteiger partial charge in [0.2, 0.25) is 0 Å². The summed E-state index contributed by atoms with van der Waals surface area (Å²) in [5.74, 6) is 1.06. The highest BCUT2D eigenvalue weighted by Crippen LogP contribution is 2.47. The van der Waals surface area contributed by atoms with Gasteiger partial charge in [-0.05, 0) is 24.1 Å². The molecule has 9 nitrogen and oxygen atoms in total. The summed E-state index contributed by atoms with van der Waals surface area (Å²) in [6, 6.07) is 25.1. The molecule has 1 aromatic heterocycles. The number of aromatic nitrogens is 2. The van der Waals surface area contributed by atoms with Gasteiger partial charge < -0.3 is 24.1 Å². The number of para-hydroxylation sites is 1. The molecule has 40 heavy (non-hydrogen) atoms. The van der Waals surface area contributed by atoms with E-state index in [9.17, 15) is 14.7 Å². The molecule has 3 aromatic carbocycles. The third kappa shape index (κ3) is 4.95. The smallest absolute Gasteiger partial charge is 0.330 e. The SMILES string of the molecule is COc1cccc(C(OC[C@H]2O[C@@H](n3cc(C)c(=O)[nH]c3=O)C[C@@H]2O)(c2ccccc2)c2ccccc2)c1OC. The number of aryl methyl sites for hydroxylation is 1. The maximum absolute atomic E-state index is 12.5. The van der Waals surface area contributed by atoms with Crippen molar-refractivity contribution in [2.24, 2.45) is 0 Å². The van der Waals surface area contributed by atoms with Crippen LogP contribution in [0.3, 0.4) is 0 Å². The van der Waals surface area contributed by atoms with E-state index in [1.807, 2.05) is 78.9 Å². The van der Waals surface area contributed by atoms with E-state index in [1.165, 1.54) is 10.8 Å². The van der Waals surface area contributed by atoms with E-state index in [0.29, 0.717) is 22.6 Å². The molecule has 9 heteroatoms. The van der Waals surface area contributed by atoms with E-state index in [1.54, 1.807) is 21.1 Å². The molecule has 0 spiro atoms. The summed E-state index contributed by atoms with van der Waals surface area (Å²) < 4.78 is 25.8. The van der Waals surface area contributed by atoms with Crippen LogP contribution in [-0.2, 0) is 15.1 Å². The molecular weight excluding hydrogens is 512 g/mol. The number of hydrogen-bond acceptors (Lipinski definition) is 7. The van der Waals surface area contributed by atoms with E-state index in [0.717, 1.165) is 11.1 Å². The van der Waals surface area contributed by atoms with E-state index < -0.39 is 35.3 Å². The topological polar surface area (TPSA) is 112 Å². The third-order valence-corrected chi connectivity index (χ3v) is 7.27. The van der Waals surface area contributed by atoms with Gasteiger partial charge in [-0.3, -0.25) is 14.3 Å². The third-order valence-electron chi connectivity index (χ3n) is 7.27. The normalized spacial score (nSPS) is 18.9. The van der Waals surface area contributed by atoms with Crippen molar-refractivity contribution < 1.29 is 24.1 Å². The maximum Gasteiger partial charge on any atom is 0.330 e. The molecule has 5 rings (SSSR count). The van der Waals surface area contributed by atoms with Crippen molar-refractivity contribution in [3.63, 3.8) is 0 Å². The van der Waals surface area contributed by atoms with Crippen LogP contribution >= 0.6 is 0 Å². The van der Waals surface area contributed by atoms with Gasteiger partial charge >= 0.3 is 5.69 Å². The highest BCUT2D eigenvalue weighted by molar-refractivity contribution is 5.57. The Bertz CT molecular complexity index is 1530. The average Bonchev–Trinajstić information content (AvgIpc) is 3.36. The summed E-state index contributed by atoms with van der Waals surface area (Å²) in [5, 5.41) is 11.0. The van der Waals surface area contributed by atoms with Gasteiger partial charge in [-0.25, -0.2) is 4.79 Å². The second-order valence-electron chi connectivity index (χ2n) is 9.68. The molecule has 0 aliphatic carbocycles. The number of aliphatic hydroxyl groups excluding tert-OH is 1. The van der Waals surface area contributed by atoms with Crippen LogP contribution in [0.15, 0.2) is 94.6 Å². The Hall–Kier alpha value is -4.18. The molecule has 0 radical (unpaired) electrons. The Balaban J connectivity index is 1.58. The van der Waals surface area contributed by atoms with Crippen molar-refractivity contribution in [3.8, 4) is 11.5 Å². The first-order valence-corrected chi connectivity index (χ1v) is 13.0. The first-order valence-electron chi connectivity index (χ1n) is 13.0. The average molecular weight is 545 g/mol. The second-order valence-corrected chi connectivity index (χ2v) is 9.68. The summed E-state index contributed by atoms with van der Waals surface area (Å²) in [5.41, 5.74) is 0.530. The lowest BCUT2D eigenvalue weighted by atomic mass is 9.79. The first-order chi connectivity index (χ1) is 19.4. The number of benzene rings is 3. The van der Waals surface area contributed by atoms with Crippen LogP contribution in [0.25, 0.3) is 0 Å². The van der Waals surface area contributed by atoms with Crippen LogP contribution in [-0.4, -0.2) is 47.7 Å². The van der Waals surface area contributed by atoms with Gasteiger partial charge in [-0.1, -0.05) is 72.8 Å². The zero-order valence-electron chi connectivity index (χ0n) is 22.6.